The van der Waals surface area contributed by atoms with E-state index in [-0.39, 0.29) is 5.91 Å². The number of carbonyl (C=O) groups is 1. The van der Waals surface area contributed by atoms with Gasteiger partial charge in [0.15, 0.2) is 0 Å². The van der Waals surface area contributed by atoms with Crippen LogP contribution in [-0.4, -0.2) is 22.3 Å². The molecule has 6 heteroatoms. The maximum absolute atomic E-state index is 12.3. The molecule has 0 aliphatic rings. The van der Waals surface area contributed by atoms with E-state index in [0.29, 0.717) is 16.4 Å². The topological polar surface area (TPSA) is 70.1 Å². The van der Waals surface area contributed by atoms with E-state index in [1.54, 1.807) is 24.4 Å². The number of fused-ring (bicyclic) bond motifs is 1. The lowest BCUT2D eigenvalue weighted by molar-refractivity contribution is 0.0950. The van der Waals surface area contributed by atoms with Crippen LogP contribution in [0.3, 0.4) is 0 Å². The molecule has 1 aromatic heterocycles. The number of hydrogen-bond acceptors (Lipinski definition) is 3. The Kier molecular flexibility index (Phi) is 4.68. The molecule has 0 aliphatic heterocycles. The SMILES string of the molecule is O=C(N/N=C/c1ccc(Cl)cc1)c1cc(-c2cccc3ccccc23)n[nH]1. The van der Waals surface area contributed by atoms with E-state index >= 15 is 0 Å². The van der Waals surface area contributed by atoms with E-state index in [1.165, 1.54) is 0 Å². The summed E-state index contributed by atoms with van der Waals surface area (Å²) in [7, 11) is 0. The van der Waals surface area contributed by atoms with Gasteiger partial charge in [-0.3, -0.25) is 9.89 Å². The molecule has 5 nitrogen and oxygen atoms in total. The van der Waals surface area contributed by atoms with Crippen LogP contribution in [0.1, 0.15) is 16.1 Å². The molecular formula is C21H15ClN4O. The normalized spacial score (nSPS) is 11.1. The minimum absolute atomic E-state index is 0.339. The molecule has 3 aromatic carbocycles. The summed E-state index contributed by atoms with van der Waals surface area (Å²) in [6, 6.07) is 22.9. The maximum Gasteiger partial charge on any atom is 0.289 e. The van der Waals surface area contributed by atoms with Gasteiger partial charge in [-0.15, -0.1) is 0 Å². The standard InChI is InChI=1S/C21H15ClN4O/c22-16-10-8-14(9-11-16)13-23-26-21(27)20-12-19(24-25-20)18-7-3-5-15-4-1-2-6-17(15)18/h1-13H,(H,24,25)(H,26,27)/b23-13+. The lowest BCUT2D eigenvalue weighted by Gasteiger charge is -2.02. The minimum Gasteiger partial charge on any atom is -0.272 e. The van der Waals surface area contributed by atoms with Gasteiger partial charge in [0.1, 0.15) is 5.69 Å². The van der Waals surface area contributed by atoms with Crippen molar-refractivity contribution >= 4 is 34.5 Å². The van der Waals surface area contributed by atoms with Crippen LogP contribution in [0.15, 0.2) is 77.9 Å². The van der Waals surface area contributed by atoms with Gasteiger partial charge in [-0.05, 0) is 34.5 Å². The lowest BCUT2D eigenvalue weighted by Crippen LogP contribution is -2.17. The number of hydrogen-bond donors (Lipinski definition) is 2. The average Bonchev–Trinajstić information content (AvgIpc) is 3.19. The number of benzene rings is 3. The molecule has 0 saturated carbocycles. The zero-order valence-corrected chi connectivity index (χ0v) is 14.9. The van der Waals surface area contributed by atoms with Crippen molar-refractivity contribution in [1.29, 1.82) is 0 Å². The lowest BCUT2D eigenvalue weighted by atomic mass is 10.0. The van der Waals surface area contributed by atoms with Crippen LogP contribution in [0.25, 0.3) is 22.0 Å². The predicted molar refractivity (Wildman–Crippen MR) is 108 cm³/mol. The van der Waals surface area contributed by atoms with Crippen LogP contribution >= 0.6 is 11.6 Å². The molecule has 0 spiro atoms. The van der Waals surface area contributed by atoms with Gasteiger partial charge in [0.05, 0.1) is 11.9 Å². The number of nitrogens with one attached hydrogen (secondary N) is 2. The molecule has 0 radical (unpaired) electrons. The first-order valence-corrected chi connectivity index (χ1v) is 8.71. The second-order valence-electron chi connectivity index (χ2n) is 5.94. The van der Waals surface area contributed by atoms with Gasteiger partial charge in [-0.1, -0.05) is 66.2 Å². The monoisotopic (exact) mass is 374 g/mol. The zero-order chi connectivity index (χ0) is 18.6. The number of aromatic amines is 1. The van der Waals surface area contributed by atoms with Gasteiger partial charge in [0, 0.05) is 10.6 Å². The van der Waals surface area contributed by atoms with Gasteiger partial charge < -0.3 is 0 Å². The van der Waals surface area contributed by atoms with Gasteiger partial charge in [0.2, 0.25) is 0 Å². The van der Waals surface area contributed by atoms with E-state index in [2.05, 4.69) is 20.7 Å². The number of nitrogens with zero attached hydrogens (tertiary/aromatic N) is 2. The second-order valence-corrected chi connectivity index (χ2v) is 6.38. The third-order valence-corrected chi connectivity index (χ3v) is 4.39. The average molecular weight is 375 g/mol. The Hall–Kier alpha value is -3.44. The summed E-state index contributed by atoms with van der Waals surface area (Å²) in [5, 5.41) is 13.9. The van der Waals surface area contributed by atoms with E-state index in [1.807, 2.05) is 54.6 Å². The number of aromatic nitrogens is 2. The highest BCUT2D eigenvalue weighted by Gasteiger charge is 2.12. The van der Waals surface area contributed by atoms with Gasteiger partial charge in [-0.25, -0.2) is 5.43 Å². The van der Waals surface area contributed by atoms with Crippen molar-refractivity contribution in [3.8, 4) is 11.3 Å². The Bertz CT molecular complexity index is 1130. The third kappa shape index (κ3) is 3.73. The van der Waals surface area contributed by atoms with Crippen molar-refractivity contribution in [2.75, 3.05) is 0 Å². The Labute approximate surface area is 160 Å². The first-order valence-electron chi connectivity index (χ1n) is 8.33. The number of carbonyl (C=O) groups excluding carboxylic acids is 1. The summed E-state index contributed by atoms with van der Waals surface area (Å²) in [5.74, 6) is -0.362. The van der Waals surface area contributed by atoms with Crippen molar-refractivity contribution in [2.45, 2.75) is 0 Å². The summed E-state index contributed by atoms with van der Waals surface area (Å²) in [6.07, 6.45) is 1.55. The van der Waals surface area contributed by atoms with E-state index in [9.17, 15) is 4.79 Å². The third-order valence-electron chi connectivity index (χ3n) is 4.14. The summed E-state index contributed by atoms with van der Waals surface area (Å²) in [5.41, 5.74) is 5.34. The van der Waals surface area contributed by atoms with Crippen LogP contribution in [0.4, 0.5) is 0 Å². The molecule has 0 unspecified atom stereocenters. The molecular weight excluding hydrogens is 360 g/mol. The summed E-state index contributed by atoms with van der Waals surface area (Å²) in [4.78, 5) is 12.3. The first-order chi connectivity index (χ1) is 13.2. The highest BCUT2D eigenvalue weighted by molar-refractivity contribution is 6.30. The van der Waals surface area contributed by atoms with Crippen molar-refractivity contribution in [3.63, 3.8) is 0 Å². The Morgan fingerprint density at radius 1 is 1.04 bits per heavy atom. The van der Waals surface area contributed by atoms with E-state index in [0.717, 1.165) is 21.9 Å². The predicted octanol–water partition coefficient (Wildman–Crippen LogP) is 4.65. The van der Waals surface area contributed by atoms with Crippen LogP contribution in [0, 0.1) is 0 Å². The molecule has 0 fully saturated rings. The molecule has 2 N–H and O–H groups in total. The van der Waals surface area contributed by atoms with Crippen molar-refractivity contribution in [2.24, 2.45) is 5.10 Å². The minimum atomic E-state index is -0.362. The fourth-order valence-corrected chi connectivity index (χ4v) is 2.93. The quantitative estimate of drug-likeness (QED) is 0.403. The molecule has 4 aromatic rings. The Morgan fingerprint density at radius 3 is 2.67 bits per heavy atom. The molecule has 27 heavy (non-hydrogen) atoms. The van der Waals surface area contributed by atoms with Crippen molar-refractivity contribution < 1.29 is 4.79 Å². The zero-order valence-electron chi connectivity index (χ0n) is 14.2. The molecule has 1 heterocycles. The van der Waals surface area contributed by atoms with Crippen LogP contribution < -0.4 is 5.43 Å². The fraction of sp³-hybridized carbons (Fsp3) is 0. The van der Waals surface area contributed by atoms with E-state index in [4.69, 9.17) is 11.6 Å². The number of H-pyrrole nitrogens is 1. The maximum atomic E-state index is 12.3. The molecule has 0 bridgehead atoms. The molecule has 1 amide bonds. The molecule has 0 saturated heterocycles. The number of amides is 1. The van der Waals surface area contributed by atoms with Crippen LogP contribution in [0.5, 0.6) is 0 Å². The first kappa shape index (κ1) is 17.0. The highest BCUT2D eigenvalue weighted by Crippen LogP contribution is 2.27. The second kappa shape index (κ2) is 7.43. The van der Waals surface area contributed by atoms with Crippen LogP contribution in [-0.2, 0) is 0 Å². The fourth-order valence-electron chi connectivity index (χ4n) is 2.80. The van der Waals surface area contributed by atoms with Crippen molar-refractivity contribution in [3.05, 3.63) is 89.1 Å². The van der Waals surface area contributed by atoms with Gasteiger partial charge in [0.25, 0.3) is 5.91 Å². The summed E-state index contributed by atoms with van der Waals surface area (Å²) < 4.78 is 0. The van der Waals surface area contributed by atoms with E-state index < -0.39 is 0 Å². The summed E-state index contributed by atoms with van der Waals surface area (Å²) in [6.45, 7) is 0. The molecule has 0 aliphatic carbocycles. The largest absolute Gasteiger partial charge is 0.289 e. The summed E-state index contributed by atoms with van der Waals surface area (Å²) >= 11 is 5.84. The smallest absolute Gasteiger partial charge is 0.272 e. The molecule has 0 atom stereocenters. The van der Waals surface area contributed by atoms with Gasteiger partial charge in [-0.2, -0.15) is 10.2 Å². The number of hydrazone groups is 1. The van der Waals surface area contributed by atoms with Crippen LogP contribution in [0.2, 0.25) is 5.02 Å². The Balaban J connectivity index is 1.52. The number of rotatable bonds is 4. The highest BCUT2D eigenvalue weighted by atomic mass is 35.5. The molecule has 4 rings (SSSR count). The van der Waals surface area contributed by atoms with Crippen molar-refractivity contribution in [1.82, 2.24) is 15.6 Å². The molecule has 132 valence electrons. The van der Waals surface area contributed by atoms with Gasteiger partial charge >= 0.3 is 0 Å². The number of halogens is 1. The Morgan fingerprint density at radius 2 is 1.81 bits per heavy atom.